The van der Waals surface area contributed by atoms with Crippen molar-refractivity contribution in [1.82, 2.24) is 15.2 Å². The topological polar surface area (TPSA) is 76.0 Å². The van der Waals surface area contributed by atoms with Gasteiger partial charge in [0.25, 0.3) is 0 Å². The number of nitrogens with zero attached hydrogens (tertiary/aromatic N) is 6. The molecular formula is C35H36N6O3. The number of piperidine rings is 1. The number of methoxy groups -OCH3 is 1. The zero-order chi connectivity index (χ0) is 29.9. The molecule has 0 bridgehead atoms. The van der Waals surface area contributed by atoms with Gasteiger partial charge in [-0.1, -0.05) is 47.3 Å². The van der Waals surface area contributed by atoms with Crippen molar-refractivity contribution >= 4 is 34.1 Å². The molecule has 9 nitrogen and oxygen atoms in total. The second-order valence-electron chi connectivity index (χ2n) is 11.4. The molecule has 3 heterocycles. The smallest absolute Gasteiger partial charge is 0.365 e. The molecule has 0 spiro atoms. The Hall–Kier alpha value is -4.89. The zero-order valence-electron chi connectivity index (χ0n) is 24.9. The number of aromatic nitrogens is 3. The number of benzene rings is 4. The third-order valence-corrected chi connectivity index (χ3v) is 9.08. The molecule has 0 N–H and O–H groups in total. The predicted octanol–water partition coefficient (Wildman–Crippen LogP) is 5.17. The summed E-state index contributed by atoms with van der Waals surface area (Å²) in [4.78, 5) is 26.6. The van der Waals surface area contributed by atoms with E-state index in [0.29, 0.717) is 16.6 Å². The number of fused-ring (bicyclic) bond motifs is 1. The summed E-state index contributed by atoms with van der Waals surface area (Å²) in [5.41, 5.74) is 6.46. The molecule has 0 saturated carbocycles. The highest BCUT2D eigenvalue weighted by atomic mass is 16.7. The summed E-state index contributed by atoms with van der Waals surface area (Å²) < 4.78 is 6.07. The van der Waals surface area contributed by atoms with Crippen molar-refractivity contribution in [1.29, 1.82) is 0 Å². The number of piperazine rings is 1. The maximum atomic E-state index is 12.7. The van der Waals surface area contributed by atoms with Crippen molar-refractivity contribution in [3.8, 4) is 0 Å². The summed E-state index contributed by atoms with van der Waals surface area (Å²) in [6.07, 6.45) is 1.94. The third-order valence-electron chi connectivity index (χ3n) is 9.08. The van der Waals surface area contributed by atoms with Crippen LogP contribution in [0.3, 0.4) is 0 Å². The van der Waals surface area contributed by atoms with Crippen LogP contribution in [0.15, 0.2) is 103 Å². The van der Waals surface area contributed by atoms with E-state index >= 15 is 0 Å². The monoisotopic (exact) mass is 588 g/mol. The highest BCUT2D eigenvalue weighted by Crippen LogP contribution is 2.37. The molecule has 2 aliphatic heterocycles. The Kier molecular flexibility index (Phi) is 7.62. The van der Waals surface area contributed by atoms with E-state index in [1.54, 1.807) is 12.1 Å². The van der Waals surface area contributed by atoms with Crippen molar-refractivity contribution in [3.05, 3.63) is 114 Å². The number of anilines is 3. The molecule has 0 unspecified atom stereocenters. The summed E-state index contributed by atoms with van der Waals surface area (Å²) in [5.74, 6) is -0.473. The Morgan fingerprint density at radius 3 is 1.77 bits per heavy atom. The number of carbonyl (C=O) groups is 1. The lowest BCUT2D eigenvalue weighted by Crippen LogP contribution is -2.46. The van der Waals surface area contributed by atoms with Crippen LogP contribution in [-0.2, 0) is 10.3 Å². The molecular weight excluding hydrogens is 552 g/mol. The van der Waals surface area contributed by atoms with Gasteiger partial charge in [0, 0.05) is 63.4 Å². The summed E-state index contributed by atoms with van der Waals surface area (Å²) in [5, 5.41) is 7.97. The number of carbonyl (C=O) groups excluding carboxylic acids is 1. The molecule has 224 valence electrons. The van der Waals surface area contributed by atoms with Crippen molar-refractivity contribution in [2.75, 3.05) is 61.1 Å². The SMILES string of the molecule is COC1(c2ccccc2)CCN(c2ccc(N3CCN(c4ccc(C(=O)On5nnc6ccccc65)cc4)CC3)cc2)CC1. The van der Waals surface area contributed by atoms with Gasteiger partial charge in [0.05, 0.1) is 11.2 Å². The molecule has 0 atom stereocenters. The average Bonchev–Trinajstić information content (AvgIpc) is 3.51. The maximum Gasteiger partial charge on any atom is 0.365 e. The molecule has 4 aromatic carbocycles. The van der Waals surface area contributed by atoms with Gasteiger partial charge >= 0.3 is 5.97 Å². The first-order valence-corrected chi connectivity index (χ1v) is 15.2. The Bertz CT molecular complexity index is 1710. The Morgan fingerprint density at radius 1 is 0.659 bits per heavy atom. The lowest BCUT2D eigenvalue weighted by molar-refractivity contribution is -0.0346. The molecule has 1 aromatic heterocycles. The molecule has 0 aliphatic carbocycles. The third kappa shape index (κ3) is 5.46. The first-order valence-electron chi connectivity index (χ1n) is 15.2. The predicted molar refractivity (Wildman–Crippen MR) is 172 cm³/mol. The lowest BCUT2D eigenvalue weighted by atomic mass is 9.84. The molecule has 2 saturated heterocycles. The molecule has 2 aliphatic rings. The van der Waals surface area contributed by atoms with Crippen molar-refractivity contribution in [2.45, 2.75) is 18.4 Å². The Morgan fingerprint density at radius 2 is 1.18 bits per heavy atom. The van der Waals surface area contributed by atoms with E-state index in [4.69, 9.17) is 9.57 Å². The van der Waals surface area contributed by atoms with Crippen LogP contribution >= 0.6 is 0 Å². The maximum absolute atomic E-state index is 12.7. The summed E-state index contributed by atoms with van der Waals surface area (Å²) in [6.45, 7) is 5.60. The van der Waals surface area contributed by atoms with Crippen LogP contribution in [0.5, 0.6) is 0 Å². The molecule has 7 rings (SSSR count). The summed E-state index contributed by atoms with van der Waals surface area (Å²) >= 11 is 0. The molecule has 0 amide bonds. The molecule has 5 aromatic rings. The fraction of sp³-hybridized carbons (Fsp3) is 0.286. The number of hydrogen-bond acceptors (Lipinski definition) is 8. The zero-order valence-corrected chi connectivity index (χ0v) is 24.9. The average molecular weight is 589 g/mol. The molecule has 44 heavy (non-hydrogen) atoms. The molecule has 2 fully saturated rings. The molecule has 9 heteroatoms. The van der Waals surface area contributed by atoms with Crippen LogP contribution in [0, 0.1) is 0 Å². The van der Waals surface area contributed by atoms with E-state index < -0.39 is 5.97 Å². The van der Waals surface area contributed by atoms with Crippen LogP contribution in [0.1, 0.15) is 28.8 Å². The highest BCUT2D eigenvalue weighted by molar-refractivity contribution is 5.90. The quantitative estimate of drug-likeness (QED) is 0.241. The number of ether oxygens (including phenoxy) is 1. The van der Waals surface area contributed by atoms with E-state index in [2.05, 4.69) is 79.6 Å². The second kappa shape index (κ2) is 12.0. The minimum atomic E-state index is -0.473. The van der Waals surface area contributed by atoms with Gasteiger partial charge in [-0.25, -0.2) is 4.79 Å². The van der Waals surface area contributed by atoms with Crippen molar-refractivity contribution < 1.29 is 14.4 Å². The van der Waals surface area contributed by atoms with Gasteiger partial charge in [0.2, 0.25) is 0 Å². The van der Waals surface area contributed by atoms with Crippen LogP contribution in [0.2, 0.25) is 0 Å². The minimum Gasteiger partial charge on any atom is -0.373 e. The normalized spacial score (nSPS) is 16.7. The lowest BCUT2D eigenvalue weighted by Gasteiger charge is -2.42. The summed E-state index contributed by atoms with van der Waals surface area (Å²) in [7, 11) is 1.84. The van der Waals surface area contributed by atoms with Gasteiger partial charge in [-0.3, -0.25) is 0 Å². The van der Waals surface area contributed by atoms with Crippen molar-refractivity contribution in [2.24, 2.45) is 0 Å². The van der Waals surface area contributed by atoms with Gasteiger partial charge in [-0.2, -0.15) is 0 Å². The fourth-order valence-electron chi connectivity index (χ4n) is 6.43. The van der Waals surface area contributed by atoms with Gasteiger partial charge < -0.3 is 24.3 Å². The fourth-order valence-corrected chi connectivity index (χ4v) is 6.43. The standard InChI is InChI=1S/C35H36N6O3/c1-43-35(28-7-3-2-4-8-28)19-21-38(22-20-35)30-15-17-31(18-16-30)40-25-23-39(24-26-40)29-13-11-27(12-14-29)34(42)44-41-33-10-6-5-9-32(33)36-37-41/h2-18H,19-26H2,1H3. The van der Waals surface area contributed by atoms with Crippen LogP contribution in [0.25, 0.3) is 11.0 Å². The minimum absolute atomic E-state index is 0.200. The second-order valence-corrected chi connectivity index (χ2v) is 11.4. The van der Waals surface area contributed by atoms with E-state index in [1.807, 2.05) is 43.5 Å². The van der Waals surface area contributed by atoms with E-state index in [1.165, 1.54) is 21.8 Å². The first-order chi connectivity index (χ1) is 21.6. The van der Waals surface area contributed by atoms with Gasteiger partial charge in [0.1, 0.15) is 11.0 Å². The van der Waals surface area contributed by atoms with Gasteiger partial charge in [-0.15, -0.1) is 5.10 Å². The van der Waals surface area contributed by atoms with E-state index in [-0.39, 0.29) is 5.60 Å². The number of hydrogen-bond donors (Lipinski definition) is 0. The van der Waals surface area contributed by atoms with E-state index in [9.17, 15) is 4.79 Å². The molecule has 0 radical (unpaired) electrons. The highest BCUT2D eigenvalue weighted by Gasteiger charge is 2.36. The largest absolute Gasteiger partial charge is 0.373 e. The van der Waals surface area contributed by atoms with Crippen LogP contribution in [-0.4, -0.2) is 67.5 Å². The Labute approximate surface area is 257 Å². The van der Waals surface area contributed by atoms with Gasteiger partial charge in [0.15, 0.2) is 0 Å². The number of rotatable bonds is 7. The summed E-state index contributed by atoms with van der Waals surface area (Å²) in [6, 6.07) is 34.6. The van der Waals surface area contributed by atoms with Crippen molar-refractivity contribution in [3.63, 3.8) is 0 Å². The first kappa shape index (κ1) is 27.9. The number of para-hydroxylation sites is 1. The Balaban J connectivity index is 0.920. The van der Waals surface area contributed by atoms with Crippen LogP contribution < -0.4 is 19.5 Å². The van der Waals surface area contributed by atoms with Gasteiger partial charge in [-0.05, 0) is 84.3 Å². The van der Waals surface area contributed by atoms with Crippen LogP contribution in [0.4, 0.5) is 17.1 Å². The van der Waals surface area contributed by atoms with E-state index in [0.717, 1.165) is 57.8 Å².